The Morgan fingerprint density at radius 1 is 0.632 bits per heavy atom. The summed E-state index contributed by atoms with van der Waals surface area (Å²) in [6.07, 6.45) is 5.08. The van der Waals surface area contributed by atoms with Crippen LogP contribution in [0.3, 0.4) is 0 Å². The predicted molar refractivity (Wildman–Crippen MR) is 229 cm³/mol. The topological polar surface area (TPSA) is 138 Å². The monoisotopic (exact) mass is 816 g/mol. The van der Waals surface area contributed by atoms with Crippen LogP contribution in [-0.2, 0) is 0 Å². The molecule has 14 nitrogen and oxygen atoms in total. The number of anilines is 2. The van der Waals surface area contributed by atoms with Crippen molar-refractivity contribution in [3.63, 3.8) is 0 Å². The number of amides is 4. The summed E-state index contributed by atoms with van der Waals surface area (Å²) in [6, 6.07) is 13.1. The number of aryl methyl sites for hydroxylation is 1. The summed E-state index contributed by atoms with van der Waals surface area (Å²) in [5.74, 6) is 1.71. The Bertz CT molecular complexity index is 1870. The lowest BCUT2D eigenvalue weighted by atomic mass is 10.2. The molecule has 0 aliphatic carbocycles. The van der Waals surface area contributed by atoms with Gasteiger partial charge in [0.15, 0.2) is 0 Å². The second-order valence-electron chi connectivity index (χ2n) is 14.6. The summed E-state index contributed by atoms with van der Waals surface area (Å²) in [4.78, 5) is 72.3. The number of carbonyl (C=O) groups excluding carboxylic acids is 4. The molecular formula is C41H56N10O4S2. The van der Waals surface area contributed by atoms with E-state index < -0.39 is 0 Å². The van der Waals surface area contributed by atoms with Crippen molar-refractivity contribution in [2.24, 2.45) is 0 Å². The molecule has 2 saturated heterocycles. The summed E-state index contributed by atoms with van der Waals surface area (Å²) in [7, 11) is 8.07. The van der Waals surface area contributed by atoms with Crippen LogP contribution in [0.2, 0.25) is 0 Å². The molecule has 6 heterocycles. The van der Waals surface area contributed by atoms with E-state index in [1.165, 1.54) is 22.7 Å². The smallest absolute Gasteiger partial charge is 0.264 e. The van der Waals surface area contributed by atoms with Crippen LogP contribution in [0.5, 0.6) is 0 Å². The maximum atomic E-state index is 12.6. The van der Waals surface area contributed by atoms with E-state index in [2.05, 4.69) is 40.2 Å². The van der Waals surface area contributed by atoms with Crippen molar-refractivity contribution in [3.05, 3.63) is 92.1 Å². The fraction of sp³-hybridized carbons (Fsp3) is 0.463. The number of nitrogens with one attached hydrogen (secondary N) is 2. The number of carbonyl (C=O) groups is 4. The molecule has 0 unspecified atom stereocenters. The molecule has 4 amide bonds. The van der Waals surface area contributed by atoms with Crippen LogP contribution in [-0.4, -0.2) is 160 Å². The summed E-state index contributed by atoms with van der Waals surface area (Å²) in [5, 5.41) is 9.73. The van der Waals surface area contributed by atoms with Gasteiger partial charge in [-0.05, 0) is 114 Å². The average molecular weight is 817 g/mol. The van der Waals surface area contributed by atoms with E-state index in [0.717, 1.165) is 79.1 Å². The Balaban J connectivity index is 0.000000218. The van der Waals surface area contributed by atoms with Gasteiger partial charge in [0.25, 0.3) is 23.6 Å². The molecule has 2 aliphatic heterocycles. The molecule has 306 valence electrons. The highest BCUT2D eigenvalue weighted by molar-refractivity contribution is 7.12. The zero-order valence-corrected chi connectivity index (χ0v) is 35.4. The normalized spacial score (nSPS) is 14.4. The Hall–Kier alpha value is -4.90. The molecular weight excluding hydrogens is 761 g/mol. The standard InChI is InChI=1S/C21H29N5O2S.C20H27N5O2S/c1-16-7-14-29-19(16)21(28)26-12-10-25(11-13-26)18-6-5-17(15-23-18)20(27)22-8-4-9-24(2)3;1-23(2)9-4-8-21-19(26)16-6-7-18(22-15-16)24-10-12-25(13-11-24)20(27)17-5-3-14-28-17/h5-7,14-15H,4,8-13H2,1-3H3,(H,22,27);3,5-7,14-15H,4,8-13H2,1-2H3,(H,21,26). The molecule has 0 atom stereocenters. The van der Waals surface area contributed by atoms with E-state index in [9.17, 15) is 19.2 Å². The van der Waals surface area contributed by atoms with Crippen LogP contribution in [0.1, 0.15) is 58.5 Å². The van der Waals surface area contributed by atoms with Crippen LogP contribution >= 0.6 is 22.7 Å². The molecule has 2 aliphatic rings. The third-order valence-electron chi connectivity index (χ3n) is 9.73. The molecule has 16 heteroatoms. The third-order valence-corrected chi connectivity index (χ3v) is 11.6. The largest absolute Gasteiger partial charge is 0.353 e. The van der Waals surface area contributed by atoms with E-state index >= 15 is 0 Å². The van der Waals surface area contributed by atoms with Gasteiger partial charge < -0.3 is 40.0 Å². The van der Waals surface area contributed by atoms with Gasteiger partial charge in [-0.3, -0.25) is 19.2 Å². The Morgan fingerprint density at radius 3 is 1.51 bits per heavy atom. The third kappa shape index (κ3) is 12.8. The summed E-state index contributed by atoms with van der Waals surface area (Å²) in [5.41, 5.74) is 2.18. The second-order valence-corrected chi connectivity index (χ2v) is 16.5. The first kappa shape index (κ1) is 43.2. The number of nitrogens with zero attached hydrogens (tertiary/aromatic N) is 8. The van der Waals surface area contributed by atoms with Crippen molar-refractivity contribution in [1.29, 1.82) is 0 Å². The van der Waals surface area contributed by atoms with Gasteiger partial charge in [0.1, 0.15) is 11.6 Å². The van der Waals surface area contributed by atoms with Crippen molar-refractivity contribution in [3.8, 4) is 0 Å². The van der Waals surface area contributed by atoms with Crippen LogP contribution in [0, 0.1) is 6.92 Å². The number of aromatic nitrogens is 2. The van der Waals surface area contributed by atoms with E-state index in [1.54, 1.807) is 12.4 Å². The highest BCUT2D eigenvalue weighted by Gasteiger charge is 2.25. The SMILES string of the molecule is CN(C)CCCNC(=O)c1ccc(N2CCN(C(=O)c3cccs3)CC2)nc1.Cc1ccsc1C(=O)N1CCN(c2ccc(C(=O)NCCCN(C)C)cn2)CC1. The molecule has 0 aromatic carbocycles. The highest BCUT2D eigenvalue weighted by atomic mass is 32.1. The molecule has 2 fully saturated rings. The Morgan fingerprint density at radius 2 is 1.12 bits per heavy atom. The minimum Gasteiger partial charge on any atom is -0.353 e. The van der Waals surface area contributed by atoms with Gasteiger partial charge in [0, 0.05) is 77.8 Å². The maximum absolute atomic E-state index is 12.6. The van der Waals surface area contributed by atoms with Gasteiger partial charge in [0.2, 0.25) is 0 Å². The lowest BCUT2D eigenvalue weighted by molar-refractivity contribution is 0.0743. The number of hydrogen-bond acceptors (Lipinski definition) is 12. The molecule has 57 heavy (non-hydrogen) atoms. The molecule has 2 N–H and O–H groups in total. The fourth-order valence-corrected chi connectivity index (χ4v) is 7.97. The van der Waals surface area contributed by atoms with Gasteiger partial charge in [-0.25, -0.2) is 9.97 Å². The summed E-state index contributed by atoms with van der Waals surface area (Å²) < 4.78 is 0. The Labute approximate surface area is 344 Å². The van der Waals surface area contributed by atoms with Crippen molar-refractivity contribution in [2.45, 2.75) is 19.8 Å². The van der Waals surface area contributed by atoms with E-state index in [1.807, 2.05) is 98.1 Å². The molecule has 4 aromatic rings. The molecule has 0 spiro atoms. The fourth-order valence-electron chi connectivity index (χ4n) is 6.38. The van der Waals surface area contributed by atoms with Crippen LogP contribution in [0.25, 0.3) is 0 Å². The molecule has 6 rings (SSSR count). The molecule has 0 saturated carbocycles. The minimum atomic E-state index is -0.0934. The first-order valence-electron chi connectivity index (χ1n) is 19.4. The van der Waals surface area contributed by atoms with Gasteiger partial charge in [-0.15, -0.1) is 22.7 Å². The van der Waals surface area contributed by atoms with E-state index in [4.69, 9.17) is 0 Å². The van der Waals surface area contributed by atoms with Crippen LogP contribution in [0.4, 0.5) is 11.6 Å². The predicted octanol–water partition coefficient (Wildman–Crippen LogP) is 3.88. The van der Waals surface area contributed by atoms with Gasteiger partial charge >= 0.3 is 0 Å². The van der Waals surface area contributed by atoms with Crippen LogP contribution < -0.4 is 20.4 Å². The quantitative estimate of drug-likeness (QED) is 0.181. The summed E-state index contributed by atoms with van der Waals surface area (Å²) in [6.45, 7) is 10.8. The van der Waals surface area contributed by atoms with E-state index in [0.29, 0.717) is 50.4 Å². The summed E-state index contributed by atoms with van der Waals surface area (Å²) >= 11 is 2.98. The number of hydrogen-bond donors (Lipinski definition) is 2. The lowest BCUT2D eigenvalue weighted by Gasteiger charge is -2.35. The Kier molecular flexibility index (Phi) is 16.4. The van der Waals surface area contributed by atoms with E-state index in [-0.39, 0.29) is 23.6 Å². The molecule has 4 aromatic heterocycles. The van der Waals surface area contributed by atoms with Gasteiger partial charge in [0.05, 0.1) is 20.9 Å². The number of pyridine rings is 2. The first-order valence-corrected chi connectivity index (χ1v) is 21.2. The zero-order chi connectivity index (χ0) is 40.7. The zero-order valence-electron chi connectivity index (χ0n) is 33.8. The van der Waals surface area contributed by atoms with Crippen molar-refractivity contribution in [2.75, 3.05) is 117 Å². The number of piperazine rings is 2. The number of thiophene rings is 2. The minimum absolute atomic E-state index is 0.0930. The second kappa shape index (κ2) is 21.6. The van der Waals surface area contributed by atoms with Crippen LogP contribution in [0.15, 0.2) is 65.6 Å². The maximum Gasteiger partial charge on any atom is 0.264 e. The highest BCUT2D eigenvalue weighted by Crippen LogP contribution is 2.21. The molecule has 0 radical (unpaired) electrons. The van der Waals surface area contributed by atoms with Gasteiger partial charge in [-0.2, -0.15) is 0 Å². The lowest BCUT2D eigenvalue weighted by Crippen LogP contribution is -2.49. The van der Waals surface area contributed by atoms with Crippen molar-refractivity contribution in [1.82, 2.24) is 40.2 Å². The number of rotatable bonds is 14. The average Bonchev–Trinajstić information content (AvgIpc) is 3.93. The van der Waals surface area contributed by atoms with Crippen molar-refractivity contribution < 1.29 is 19.2 Å². The van der Waals surface area contributed by atoms with Crippen molar-refractivity contribution >= 4 is 57.9 Å². The van der Waals surface area contributed by atoms with Gasteiger partial charge in [-0.1, -0.05) is 6.07 Å². The molecule has 0 bridgehead atoms. The first-order chi connectivity index (χ1) is 27.5.